The van der Waals surface area contributed by atoms with Crippen molar-refractivity contribution < 1.29 is 49.8 Å². The maximum absolute atomic E-state index is 13.7. The second kappa shape index (κ2) is 20.3. The van der Waals surface area contributed by atoms with Crippen molar-refractivity contribution in [3.05, 3.63) is 88.1 Å². The zero-order chi connectivity index (χ0) is 43.6. The summed E-state index contributed by atoms with van der Waals surface area (Å²) in [6, 6.07) is 13.4. The van der Waals surface area contributed by atoms with Gasteiger partial charge in [0, 0.05) is 72.6 Å². The molecule has 324 valence electrons. The Morgan fingerprint density at radius 3 is 2.34 bits per heavy atom. The largest absolute Gasteiger partial charge is 0.481 e. The highest BCUT2D eigenvalue weighted by molar-refractivity contribution is 7.86. The minimum Gasteiger partial charge on any atom is -0.481 e. The van der Waals surface area contributed by atoms with E-state index in [2.05, 4.69) is 31.0 Å². The van der Waals surface area contributed by atoms with E-state index < -0.39 is 37.4 Å². The average Bonchev–Trinajstić information content (AvgIpc) is 3.37. The Hall–Kier alpha value is -4.35. The van der Waals surface area contributed by atoms with Gasteiger partial charge in [0.2, 0.25) is 5.36 Å². The lowest BCUT2D eigenvalue weighted by molar-refractivity contribution is -0.137. The molecule has 2 heterocycles. The average molecular weight is 859 g/mol. The van der Waals surface area contributed by atoms with Crippen molar-refractivity contribution in [2.24, 2.45) is 0 Å². The summed E-state index contributed by atoms with van der Waals surface area (Å²) in [4.78, 5) is 27.1. The lowest BCUT2D eigenvalue weighted by atomic mass is 9.75. The van der Waals surface area contributed by atoms with Gasteiger partial charge in [-0.05, 0) is 86.9 Å². The predicted molar refractivity (Wildman–Crippen MR) is 230 cm³/mol. The first-order valence-corrected chi connectivity index (χ1v) is 23.3. The number of carbonyl (C=O) groups is 2. The van der Waals surface area contributed by atoms with Crippen LogP contribution in [0.15, 0.2) is 64.7 Å². The molecule has 14 nitrogen and oxygen atoms in total. The molecule has 1 aromatic carbocycles. The molecule has 0 saturated heterocycles. The van der Waals surface area contributed by atoms with Gasteiger partial charge in [-0.3, -0.25) is 18.7 Å². The fourth-order valence-electron chi connectivity index (χ4n) is 7.79. The first kappa shape index (κ1) is 47.3. The zero-order valence-electron chi connectivity index (χ0n) is 35.0. The number of carbonyl (C=O) groups excluding carboxylic acids is 1. The summed E-state index contributed by atoms with van der Waals surface area (Å²) in [5.41, 5.74) is 3.57. The van der Waals surface area contributed by atoms with Gasteiger partial charge in [-0.1, -0.05) is 39.3 Å². The molecule has 0 radical (unpaired) electrons. The minimum absolute atomic E-state index is 0.0545. The molecule has 1 atom stereocenters. The number of carboxylic acids is 1. The van der Waals surface area contributed by atoms with Crippen LogP contribution in [-0.2, 0) is 40.6 Å². The quantitative estimate of drug-likeness (QED) is 0.0544. The SMILES string of the molecule is CC[N+](CCCS(=O)(=O)O)=c1ccc2c(C(C)(C)C)cc(/C=C/C=C3/N(CCCCCC(=O)O)c4cccc(C(=O)NCCOC)c4C3(C)CCCS(=O)(=O)O)oc-2c1. The molecule has 16 heteroatoms. The van der Waals surface area contributed by atoms with E-state index in [0.29, 0.717) is 62.6 Å². The molecule has 4 N–H and O–H groups in total. The summed E-state index contributed by atoms with van der Waals surface area (Å²) >= 11 is 0. The summed E-state index contributed by atoms with van der Waals surface area (Å²) in [6.45, 7) is 12.4. The maximum Gasteiger partial charge on any atom is 0.303 e. The fraction of sp³-hybridized carbons (Fsp3) is 0.512. The highest BCUT2D eigenvalue weighted by atomic mass is 32.2. The number of rotatable bonds is 21. The summed E-state index contributed by atoms with van der Waals surface area (Å²) in [6.07, 6.45) is 8.18. The third kappa shape index (κ3) is 13.1. The van der Waals surface area contributed by atoms with Crippen LogP contribution in [0, 0.1) is 0 Å². The number of nitrogens with zero attached hydrogens (tertiary/aromatic N) is 2. The minimum atomic E-state index is -4.27. The number of anilines is 1. The second-order valence-corrected chi connectivity index (χ2v) is 19.3. The van der Waals surface area contributed by atoms with E-state index in [9.17, 15) is 40.6 Å². The lowest BCUT2D eigenvalue weighted by Crippen LogP contribution is -2.32. The maximum atomic E-state index is 13.7. The zero-order valence-corrected chi connectivity index (χ0v) is 36.6. The molecular formula is C43H60N3O11S2+. The Labute approximate surface area is 348 Å². The standard InChI is InChI=1S/C43H59N3O11S2/c1-7-45(24-14-28-59(53,54)55)31-20-21-33-35(42(2,3)4)30-32(57-37(33)29-31)15-11-18-38-43(5,22-13-27-58(50,51)52)40-34(41(49)44-23-26-56-6)16-12-17-36(40)46(38)25-10-8-9-19-39(47)48/h11-12,15-18,20-21,29-30H,7-10,13-14,19,22-28H2,1-6H3,(H3-,44,47,48,49,50,51,52,53,54,55)/p+1. The summed E-state index contributed by atoms with van der Waals surface area (Å²) in [7, 11) is -6.80. The van der Waals surface area contributed by atoms with Crippen LogP contribution in [0.1, 0.15) is 107 Å². The Kier molecular flexibility index (Phi) is 16.3. The van der Waals surface area contributed by atoms with E-state index >= 15 is 0 Å². The number of benzene rings is 2. The van der Waals surface area contributed by atoms with Crippen LogP contribution >= 0.6 is 0 Å². The van der Waals surface area contributed by atoms with Gasteiger partial charge < -0.3 is 24.5 Å². The number of hydrogen-bond acceptors (Lipinski definition) is 9. The van der Waals surface area contributed by atoms with Crippen LogP contribution < -0.4 is 20.1 Å². The van der Waals surface area contributed by atoms with Crippen LogP contribution in [0.2, 0.25) is 0 Å². The summed E-state index contributed by atoms with van der Waals surface area (Å²) in [5, 5.41) is 13.0. The molecule has 0 fully saturated rings. The van der Waals surface area contributed by atoms with Crippen LogP contribution in [0.4, 0.5) is 5.69 Å². The van der Waals surface area contributed by atoms with Crippen LogP contribution in [0.3, 0.4) is 0 Å². The van der Waals surface area contributed by atoms with Crippen LogP contribution in [0.5, 0.6) is 0 Å². The Morgan fingerprint density at radius 1 is 0.983 bits per heavy atom. The highest BCUT2D eigenvalue weighted by Crippen LogP contribution is 2.52. The number of carboxylic acid groups (broad SMARTS) is 1. The Bertz CT molecular complexity index is 2290. The van der Waals surface area contributed by atoms with Gasteiger partial charge in [-0.2, -0.15) is 16.8 Å². The number of ether oxygens (including phenoxy) is 1. The monoisotopic (exact) mass is 858 g/mol. The van der Waals surface area contributed by atoms with Crippen molar-refractivity contribution in [3.63, 3.8) is 0 Å². The molecule has 1 amide bonds. The van der Waals surface area contributed by atoms with E-state index in [0.717, 1.165) is 33.4 Å². The first-order chi connectivity index (χ1) is 27.7. The molecule has 0 spiro atoms. The molecule has 0 aromatic heterocycles. The third-order valence-electron chi connectivity index (χ3n) is 10.6. The third-order valence-corrected chi connectivity index (χ3v) is 12.2. The Morgan fingerprint density at radius 2 is 1.69 bits per heavy atom. The van der Waals surface area contributed by atoms with Gasteiger partial charge in [0.1, 0.15) is 24.6 Å². The number of nitrogens with one attached hydrogen (secondary N) is 1. The van der Waals surface area contributed by atoms with Gasteiger partial charge in [-0.25, -0.2) is 4.58 Å². The van der Waals surface area contributed by atoms with Crippen molar-refractivity contribution in [2.45, 2.75) is 90.4 Å². The molecule has 1 aromatic rings. The van der Waals surface area contributed by atoms with Crippen molar-refractivity contribution in [1.29, 1.82) is 0 Å². The predicted octanol–water partition coefficient (Wildman–Crippen LogP) is 6.12. The molecule has 3 aliphatic rings. The van der Waals surface area contributed by atoms with Crippen LogP contribution in [0.25, 0.3) is 17.4 Å². The first-order valence-electron chi connectivity index (χ1n) is 20.0. The topological polar surface area (TPSA) is 204 Å². The van der Waals surface area contributed by atoms with Crippen molar-refractivity contribution in [2.75, 3.05) is 56.3 Å². The smallest absolute Gasteiger partial charge is 0.303 e. The normalized spacial score (nSPS) is 17.2. The second-order valence-electron chi connectivity index (χ2n) is 16.1. The van der Waals surface area contributed by atoms with Gasteiger partial charge >= 0.3 is 5.97 Å². The lowest BCUT2D eigenvalue weighted by Gasteiger charge is -2.31. The van der Waals surface area contributed by atoms with Crippen molar-refractivity contribution in [1.82, 2.24) is 9.89 Å². The van der Waals surface area contributed by atoms with E-state index in [1.54, 1.807) is 13.2 Å². The van der Waals surface area contributed by atoms with Gasteiger partial charge in [-0.15, -0.1) is 0 Å². The highest BCUT2D eigenvalue weighted by Gasteiger charge is 2.45. The molecule has 1 unspecified atom stereocenters. The molecule has 0 saturated carbocycles. The van der Waals surface area contributed by atoms with Crippen molar-refractivity contribution in [3.8, 4) is 11.3 Å². The summed E-state index contributed by atoms with van der Waals surface area (Å²) in [5.74, 6) is -0.764. The Balaban J connectivity index is 1.87. The number of allylic oxidation sites excluding steroid dienone is 3. The molecule has 0 bridgehead atoms. The van der Waals surface area contributed by atoms with E-state index in [1.165, 1.54) is 0 Å². The number of methoxy groups -OCH3 is 1. The molecule has 1 aliphatic carbocycles. The number of unbranched alkanes of at least 4 members (excludes halogenated alkanes) is 2. The van der Waals surface area contributed by atoms with Gasteiger partial charge in [0.15, 0.2) is 0 Å². The number of aliphatic carboxylic acids is 1. The van der Waals surface area contributed by atoms with Crippen molar-refractivity contribution >= 4 is 43.9 Å². The van der Waals surface area contributed by atoms with E-state index in [4.69, 9.17) is 9.15 Å². The van der Waals surface area contributed by atoms with E-state index in [1.807, 2.05) is 73.0 Å². The molecule has 59 heavy (non-hydrogen) atoms. The molecule has 4 rings (SSSR count). The number of fused-ring (bicyclic) bond motifs is 2. The van der Waals surface area contributed by atoms with Gasteiger partial charge in [0.25, 0.3) is 26.1 Å². The summed E-state index contributed by atoms with van der Waals surface area (Å²) < 4.78 is 79.1. The number of amides is 1. The van der Waals surface area contributed by atoms with E-state index in [-0.39, 0.29) is 49.3 Å². The van der Waals surface area contributed by atoms with Gasteiger partial charge in [0.05, 0.1) is 24.2 Å². The number of hydrogen-bond donors (Lipinski definition) is 4. The fourth-order valence-corrected chi connectivity index (χ4v) is 8.79. The van der Waals surface area contributed by atoms with Crippen LogP contribution in [-0.4, -0.2) is 94.3 Å². The molecule has 2 aliphatic heterocycles. The molecular weight excluding hydrogens is 799 g/mol.